The van der Waals surface area contributed by atoms with Crippen LogP contribution in [0.1, 0.15) is 37.1 Å². The molecule has 2 amide bonds. The van der Waals surface area contributed by atoms with Crippen LogP contribution in [-0.2, 0) is 13.6 Å². The zero-order valence-electron chi connectivity index (χ0n) is 15.3. The maximum atomic E-state index is 12.6. The van der Waals surface area contributed by atoms with E-state index in [1.54, 1.807) is 15.6 Å². The first-order valence-electron chi connectivity index (χ1n) is 8.66. The molecule has 0 saturated heterocycles. The Kier molecular flexibility index (Phi) is 5.36. The minimum atomic E-state index is -0.274. The lowest BCUT2D eigenvalue weighted by Crippen LogP contribution is -2.35. The number of nitrogens with zero attached hydrogens (tertiary/aromatic N) is 4. The van der Waals surface area contributed by atoms with E-state index < -0.39 is 0 Å². The van der Waals surface area contributed by atoms with Gasteiger partial charge in [-0.1, -0.05) is 44.2 Å². The molecule has 136 valence electrons. The Morgan fingerprint density at radius 1 is 1.19 bits per heavy atom. The molecule has 0 aliphatic heterocycles. The third-order valence-corrected chi connectivity index (χ3v) is 4.17. The summed E-state index contributed by atoms with van der Waals surface area (Å²) in [7, 11) is 1.82. The summed E-state index contributed by atoms with van der Waals surface area (Å²) in [6, 6.07) is 13.2. The van der Waals surface area contributed by atoms with Crippen molar-refractivity contribution in [2.75, 3.05) is 5.32 Å². The number of urea groups is 1. The van der Waals surface area contributed by atoms with Gasteiger partial charge in [0, 0.05) is 25.5 Å². The monoisotopic (exact) mass is 352 g/mol. The van der Waals surface area contributed by atoms with Gasteiger partial charge in [-0.3, -0.25) is 14.7 Å². The molecule has 0 saturated carbocycles. The minimum absolute atomic E-state index is 0.200. The maximum absolute atomic E-state index is 12.6. The number of rotatable bonds is 6. The van der Waals surface area contributed by atoms with Crippen molar-refractivity contribution in [3.63, 3.8) is 0 Å². The average Bonchev–Trinajstić information content (AvgIpc) is 3.25. The van der Waals surface area contributed by atoms with Crippen LogP contribution < -0.4 is 10.6 Å². The molecule has 2 aromatic heterocycles. The van der Waals surface area contributed by atoms with Crippen LogP contribution in [0.2, 0.25) is 0 Å². The van der Waals surface area contributed by atoms with Crippen LogP contribution in [0, 0.1) is 0 Å². The van der Waals surface area contributed by atoms with Crippen molar-refractivity contribution in [2.24, 2.45) is 7.05 Å². The Hall–Kier alpha value is -3.09. The summed E-state index contributed by atoms with van der Waals surface area (Å²) < 4.78 is 3.48. The number of nitrogens with one attached hydrogen (secondary N) is 2. The van der Waals surface area contributed by atoms with E-state index in [1.165, 1.54) is 0 Å². The Labute approximate surface area is 153 Å². The largest absolute Gasteiger partial charge is 0.329 e. The zero-order valence-corrected chi connectivity index (χ0v) is 15.3. The summed E-state index contributed by atoms with van der Waals surface area (Å²) in [6.07, 6.45) is 3.61. The van der Waals surface area contributed by atoms with Crippen LogP contribution >= 0.6 is 0 Å². The third kappa shape index (κ3) is 4.30. The van der Waals surface area contributed by atoms with Gasteiger partial charge in [-0.05, 0) is 17.5 Å². The Balaban J connectivity index is 1.73. The van der Waals surface area contributed by atoms with Crippen molar-refractivity contribution in [3.8, 4) is 0 Å². The second kappa shape index (κ2) is 7.86. The fourth-order valence-electron chi connectivity index (χ4n) is 2.71. The molecule has 7 nitrogen and oxygen atoms in total. The molecule has 0 spiro atoms. The number of aromatic nitrogens is 4. The third-order valence-electron chi connectivity index (χ3n) is 4.17. The van der Waals surface area contributed by atoms with Crippen molar-refractivity contribution >= 4 is 11.8 Å². The van der Waals surface area contributed by atoms with Gasteiger partial charge < -0.3 is 5.32 Å². The fourth-order valence-corrected chi connectivity index (χ4v) is 2.71. The van der Waals surface area contributed by atoms with E-state index in [2.05, 4.69) is 34.7 Å². The Bertz CT molecular complexity index is 838. The summed E-state index contributed by atoms with van der Waals surface area (Å²) in [5.41, 5.74) is 1.96. The van der Waals surface area contributed by atoms with Gasteiger partial charge in [0.1, 0.15) is 5.82 Å². The maximum Gasteiger partial charge on any atom is 0.320 e. The summed E-state index contributed by atoms with van der Waals surface area (Å²) in [4.78, 5) is 12.6. The lowest BCUT2D eigenvalue weighted by atomic mass is 10.1. The zero-order chi connectivity index (χ0) is 18.5. The first-order chi connectivity index (χ1) is 12.5. The number of carbonyl (C=O) groups is 1. The van der Waals surface area contributed by atoms with E-state index in [0.717, 1.165) is 11.3 Å². The SMILES string of the molecule is CC(C)c1cc(NC(=O)N[C@@H](Cn2cccn2)c2ccccc2)n(C)n1. The average molecular weight is 352 g/mol. The number of aryl methyl sites for hydroxylation is 1. The highest BCUT2D eigenvalue weighted by Gasteiger charge is 2.17. The molecule has 2 heterocycles. The molecule has 2 N–H and O–H groups in total. The highest BCUT2D eigenvalue weighted by molar-refractivity contribution is 5.88. The van der Waals surface area contributed by atoms with Gasteiger partial charge in [-0.15, -0.1) is 0 Å². The number of hydrogen-bond donors (Lipinski definition) is 2. The molecule has 0 aliphatic carbocycles. The lowest BCUT2D eigenvalue weighted by Gasteiger charge is -2.19. The van der Waals surface area contributed by atoms with Crippen molar-refractivity contribution in [3.05, 3.63) is 66.1 Å². The van der Waals surface area contributed by atoms with Crippen LogP contribution in [0.4, 0.5) is 10.6 Å². The van der Waals surface area contributed by atoms with Crippen molar-refractivity contribution in [2.45, 2.75) is 32.4 Å². The van der Waals surface area contributed by atoms with Gasteiger partial charge in [-0.2, -0.15) is 10.2 Å². The Morgan fingerprint density at radius 3 is 2.58 bits per heavy atom. The molecule has 26 heavy (non-hydrogen) atoms. The number of amides is 2. The van der Waals surface area contributed by atoms with E-state index in [0.29, 0.717) is 18.3 Å². The highest BCUT2D eigenvalue weighted by Crippen LogP contribution is 2.18. The molecule has 7 heteroatoms. The van der Waals surface area contributed by atoms with Crippen molar-refractivity contribution < 1.29 is 4.79 Å². The fraction of sp³-hybridized carbons (Fsp3) is 0.316. The molecular formula is C19H24N6O. The molecule has 0 radical (unpaired) electrons. The summed E-state index contributed by atoms with van der Waals surface area (Å²) in [5, 5.41) is 14.6. The second-order valence-electron chi connectivity index (χ2n) is 6.52. The molecule has 0 unspecified atom stereocenters. The molecule has 3 aromatic rings. The van der Waals surface area contributed by atoms with Crippen LogP contribution in [0.3, 0.4) is 0 Å². The van der Waals surface area contributed by atoms with E-state index in [-0.39, 0.29) is 12.1 Å². The standard InChI is InChI=1S/C19H24N6O/c1-14(2)16-12-18(24(3)23-16)22-19(26)21-17(13-25-11-7-10-20-25)15-8-5-4-6-9-15/h4-12,14,17H,13H2,1-3H3,(H2,21,22,26)/t17-/m0/s1. The molecule has 1 aromatic carbocycles. The predicted molar refractivity (Wildman–Crippen MR) is 101 cm³/mol. The van der Waals surface area contributed by atoms with Gasteiger partial charge >= 0.3 is 6.03 Å². The van der Waals surface area contributed by atoms with Crippen LogP contribution in [-0.4, -0.2) is 25.6 Å². The summed E-state index contributed by atoms with van der Waals surface area (Å²) in [5.74, 6) is 0.966. The quantitative estimate of drug-likeness (QED) is 0.714. The Morgan fingerprint density at radius 2 is 1.96 bits per heavy atom. The topological polar surface area (TPSA) is 76.8 Å². The molecule has 0 fully saturated rings. The van der Waals surface area contributed by atoms with E-state index in [9.17, 15) is 4.79 Å². The number of carbonyl (C=O) groups excluding carboxylic acids is 1. The van der Waals surface area contributed by atoms with Gasteiger partial charge in [0.05, 0.1) is 18.3 Å². The number of anilines is 1. The molecule has 0 aliphatic rings. The molecule has 0 bridgehead atoms. The van der Waals surface area contributed by atoms with Gasteiger partial charge in [-0.25, -0.2) is 4.79 Å². The van der Waals surface area contributed by atoms with Gasteiger partial charge in [0.15, 0.2) is 0 Å². The first kappa shape index (κ1) is 17.7. The smallest absolute Gasteiger partial charge is 0.320 e. The summed E-state index contributed by atoms with van der Waals surface area (Å²) in [6.45, 7) is 4.69. The van der Waals surface area contributed by atoms with E-state index >= 15 is 0 Å². The predicted octanol–water partition coefficient (Wildman–Crippen LogP) is 3.30. The normalized spacial score (nSPS) is 12.2. The lowest BCUT2D eigenvalue weighted by molar-refractivity contribution is 0.246. The molecular weight excluding hydrogens is 328 g/mol. The highest BCUT2D eigenvalue weighted by atomic mass is 16.2. The van der Waals surface area contributed by atoms with E-state index in [1.807, 2.05) is 55.7 Å². The van der Waals surface area contributed by atoms with Gasteiger partial charge in [0.2, 0.25) is 0 Å². The van der Waals surface area contributed by atoms with E-state index in [4.69, 9.17) is 0 Å². The first-order valence-corrected chi connectivity index (χ1v) is 8.66. The molecule has 1 atom stereocenters. The minimum Gasteiger partial charge on any atom is -0.329 e. The van der Waals surface area contributed by atoms with Crippen LogP contribution in [0.25, 0.3) is 0 Å². The van der Waals surface area contributed by atoms with Crippen molar-refractivity contribution in [1.29, 1.82) is 0 Å². The second-order valence-corrected chi connectivity index (χ2v) is 6.52. The van der Waals surface area contributed by atoms with Crippen LogP contribution in [0.15, 0.2) is 54.9 Å². The number of benzene rings is 1. The summed E-state index contributed by atoms with van der Waals surface area (Å²) >= 11 is 0. The number of hydrogen-bond acceptors (Lipinski definition) is 3. The molecule has 3 rings (SSSR count). The van der Waals surface area contributed by atoms with Crippen LogP contribution in [0.5, 0.6) is 0 Å². The van der Waals surface area contributed by atoms with Gasteiger partial charge in [0.25, 0.3) is 0 Å². The van der Waals surface area contributed by atoms with Crippen molar-refractivity contribution in [1.82, 2.24) is 24.9 Å².